The molecule has 2 aromatic rings. The average molecular weight is 344 g/mol. The first-order valence-electron chi connectivity index (χ1n) is 8.47. The molecule has 1 aromatic carbocycles. The predicted octanol–water partition coefficient (Wildman–Crippen LogP) is 4.76. The van der Waals surface area contributed by atoms with E-state index in [1.54, 1.807) is 36.5 Å². The van der Waals surface area contributed by atoms with Gasteiger partial charge in [0.15, 0.2) is 0 Å². The Morgan fingerprint density at radius 2 is 2.21 bits per heavy atom. The highest BCUT2D eigenvalue weighted by Gasteiger charge is 2.21. The summed E-state index contributed by atoms with van der Waals surface area (Å²) in [6.07, 6.45) is 6.68. The fraction of sp³-hybridized carbons (Fsp3) is 0.368. The molecular formula is C19H22ClN3O. The number of piperidine rings is 1. The lowest BCUT2D eigenvalue weighted by Gasteiger charge is -2.37. The molecule has 0 radical (unpaired) electrons. The summed E-state index contributed by atoms with van der Waals surface area (Å²) in [4.78, 5) is 19.1. The van der Waals surface area contributed by atoms with E-state index in [1.807, 2.05) is 6.07 Å². The third-order valence-electron chi connectivity index (χ3n) is 4.49. The Kier molecular flexibility index (Phi) is 5.36. The Hall–Kier alpha value is -2.07. The Morgan fingerprint density at radius 1 is 1.33 bits per heavy atom. The summed E-state index contributed by atoms with van der Waals surface area (Å²) in [6.45, 7) is 3.29. The van der Waals surface area contributed by atoms with Crippen LogP contribution in [-0.4, -0.2) is 23.5 Å². The van der Waals surface area contributed by atoms with Gasteiger partial charge in [0.25, 0.3) is 5.91 Å². The molecule has 2 heterocycles. The molecule has 0 spiro atoms. The number of halogens is 1. The van der Waals surface area contributed by atoms with Gasteiger partial charge in [-0.15, -0.1) is 0 Å². The number of carbonyl (C=O) groups is 1. The quantitative estimate of drug-likeness (QED) is 0.870. The minimum absolute atomic E-state index is 0.227. The van der Waals surface area contributed by atoms with Crippen molar-refractivity contribution in [2.45, 2.75) is 38.6 Å². The predicted molar refractivity (Wildman–Crippen MR) is 98.9 cm³/mol. The van der Waals surface area contributed by atoms with Gasteiger partial charge in [0.05, 0.1) is 11.9 Å². The number of anilines is 2. The standard InChI is InChI=1S/C19H22ClN3O/c1-2-16-8-3-4-11-23(16)17-9-10-18(21-13-17)19(24)22-15-7-5-6-14(20)12-15/h5-7,9-10,12-13,16H,2-4,8,11H2,1H3,(H,22,24). The number of pyridine rings is 1. The van der Waals surface area contributed by atoms with Crippen molar-refractivity contribution in [3.05, 3.63) is 53.3 Å². The molecule has 3 rings (SSSR count). The fourth-order valence-corrected chi connectivity index (χ4v) is 3.41. The van der Waals surface area contributed by atoms with Crippen LogP contribution < -0.4 is 10.2 Å². The maximum atomic E-state index is 12.3. The van der Waals surface area contributed by atoms with Crippen LogP contribution in [0.2, 0.25) is 5.02 Å². The van der Waals surface area contributed by atoms with E-state index >= 15 is 0 Å². The Balaban J connectivity index is 1.70. The maximum absolute atomic E-state index is 12.3. The number of carbonyl (C=O) groups excluding carboxylic acids is 1. The molecule has 126 valence electrons. The summed E-state index contributed by atoms with van der Waals surface area (Å²) >= 11 is 5.94. The van der Waals surface area contributed by atoms with Gasteiger partial charge in [0.2, 0.25) is 0 Å². The molecule has 1 aliphatic rings. The molecule has 0 aliphatic carbocycles. The van der Waals surface area contributed by atoms with Crippen molar-refractivity contribution in [1.29, 1.82) is 0 Å². The van der Waals surface area contributed by atoms with Crippen molar-refractivity contribution in [3.63, 3.8) is 0 Å². The lowest BCUT2D eigenvalue weighted by Crippen LogP contribution is -2.39. The van der Waals surface area contributed by atoms with Crippen LogP contribution in [0.4, 0.5) is 11.4 Å². The molecule has 24 heavy (non-hydrogen) atoms. The van der Waals surface area contributed by atoms with E-state index in [-0.39, 0.29) is 5.91 Å². The first-order chi connectivity index (χ1) is 11.7. The topological polar surface area (TPSA) is 45.2 Å². The smallest absolute Gasteiger partial charge is 0.274 e. The first kappa shape index (κ1) is 16.8. The maximum Gasteiger partial charge on any atom is 0.274 e. The van der Waals surface area contributed by atoms with Gasteiger partial charge in [-0.05, 0) is 56.0 Å². The molecule has 1 N–H and O–H groups in total. The Morgan fingerprint density at radius 3 is 2.92 bits per heavy atom. The van der Waals surface area contributed by atoms with E-state index in [4.69, 9.17) is 11.6 Å². The normalized spacial score (nSPS) is 17.6. The summed E-state index contributed by atoms with van der Waals surface area (Å²) in [5.41, 5.74) is 2.17. The number of hydrogen-bond acceptors (Lipinski definition) is 3. The molecule has 1 aliphatic heterocycles. The molecular weight excluding hydrogens is 322 g/mol. The minimum atomic E-state index is -0.227. The zero-order chi connectivity index (χ0) is 16.9. The molecule has 4 nitrogen and oxygen atoms in total. The van der Waals surface area contributed by atoms with Crippen LogP contribution in [0.5, 0.6) is 0 Å². The number of nitrogens with zero attached hydrogens (tertiary/aromatic N) is 2. The van der Waals surface area contributed by atoms with Crippen LogP contribution in [0, 0.1) is 0 Å². The fourth-order valence-electron chi connectivity index (χ4n) is 3.22. The third-order valence-corrected chi connectivity index (χ3v) is 4.73. The molecule has 1 unspecified atom stereocenters. The Bertz CT molecular complexity index is 702. The molecule has 1 aromatic heterocycles. The largest absolute Gasteiger partial charge is 0.367 e. The number of nitrogens with one attached hydrogen (secondary N) is 1. The highest BCUT2D eigenvalue weighted by Crippen LogP contribution is 2.26. The minimum Gasteiger partial charge on any atom is -0.367 e. The van der Waals surface area contributed by atoms with Gasteiger partial charge in [-0.3, -0.25) is 4.79 Å². The number of rotatable bonds is 4. The number of amides is 1. The van der Waals surface area contributed by atoms with E-state index in [0.29, 0.717) is 22.4 Å². The van der Waals surface area contributed by atoms with Crippen LogP contribution in [0.3, 0.4) is 0 Å². The van der Waals surface area contributed by atoms with Gasteiger partial charge >= 0.3 is 0 Å². The van der Waals surface area contributed by atoms with Crippen LogP contribution in [-0.2, 0) is 0 Å². The third kappa shape index (κ3) is 3.88. The van der Waals surface area contributed by atoms with E-state index < -0.39 is 0 Å². The van der Waals surface area contributed by atoms with Crippen LogP contribution in [0.1, 0.15) is 43.1 Å². The van der Waals surface area contributed by atoms with Gasteiger partial charge in [-0.2, -0.15) is 0 Å². The first-order valence-corrected chi connectivity index (χ1v) is 8.85. The highest BCUT2D eigenvalue weighted by molar-refractivity contribution is 6.30. The molecule has 1 saturated heterocycles. The van der Waals surface area contributed by atoms with Crippen LogP contribution in [0.15, 0.2) is 42.6 Å². The summed E-state index contributed by atoms with van der Waals surface area (Å²) in [6, 6.07) is 11.4. The number of hydrogen-bond donors (Lipinski definition) is 1. The van der Waals surface area contributed by atoms with Gasteiger partial charge < -0.3 is 10.2 Å². The molecule has 1 fully saturated rings. The summed E-state index contributed by atoms with van der Waals surface area (Å²) in [5.74, 6) is -0.227. The van der Waals surface area contributed by atoms with Crippen molar-refractivity contribution >= 4 is 28.9 Å². The highest BCUT2D eigenvalue weighted by atomic mass is 35.5. The zero-order valence-corrected chi connectivity index (χ0v) is 14.6. The summed E-state index contributed by atoms with van der Waals surface area (Å²) in [5, 5.41) is 3.41. The van der Waals surface area contributed by atoms with E-state index in [0.717, 1.165) is 18.7 Å². The average Bonchev–Trinajstić information content (AvgIpc) is 2.62. The van der Waals surface area contributed by atoms with Crippen molar-refractivity contribution in [2.24, 2.45) is 0 Å². The summed E-state index contributed by atoms with van der Waals surface area (Å²) < 4.78 is 0. The van der Waals surface area contributed by atoms with E-state index in [2.05, 4.69) is 22.1 Å². The van der Waals surface area contributed by atoms with Crippen molar-refractivity contribution < 1.29 is 4.79 Å². The van der Waals surface area contributed by atoms with Crippen molar-refractivity contribution in [2.75, 3.05) is 16.8 Å². The van der Waals surface area contributed by atoms with Gasteiger partial charge in [-0.1, -0.05) is 24.6 Å². The van der Waals surface area contributed by atoms with E-state index in [9.17, 15) is 4.79 Å². The second-order valence-electron chi connectivity index (χ2n) is 6.12. The van der Waals surface area contributed by atoms with Crippen LogP contribution in [0.25, 0.3) is 0 Å². The van der Waals surface area contributed by atoms with Crippen LogP contribution >= 0.6 is 11.6 Å². The molecule has 1 atom stereocenters. The molecule has 5 heteroatoms. The molecule has 1 amide bonds. The van der Waals surface area contributed by atoms with Gasteiger partial charge in [-0.25, -0.2) is 4.98 Å². The SMILES string of the molecule is CCC1CCCCN1c1ccc(C(=O)Nc2cccc(Cl)c2)nc1. The van der Waals surface area contributed by atoms with Gasteiger partial charge in [0, 0.05) is 23.3 Å². The lowest BCUT2D eigenvalue weighted by atomic mass is 9.99. The second-order valence-corrected chi connectivity index (χ2v) is 6.55. The summed E-state index contributed by atoms with van der Waals surface area (Å²) in [7, 11) is 0. The van der Waals surface area contributed by atoms with Crippen molar-refractivity contribution in [3.8, 4) is 0 Å². The second kappa shape index (κ2) is 7.67. The van der Waals surface area contributed by atoms with E-state index in [1.165, 1.54) is 19.3 Å². The number of aromatic nitrogens is 1. The molecule has 0 saturated carbocycles. The van der Waals surface area contributed by atoms with Crippen molar-refractivity contribution in [1.82, 2.24) is 4.98 Å². The molecule has 0 bridgehead atoms. The monoisotopic (exact) mass is 343 g/mol. The lowest BCUT2D eigenvalue weighted by molar-refractivity contribution is 0.102. The number of benzene rings is 1. The zero-order valence-electron chi connectivity index (χ0n) is 13.8. The Labute approximate surface area is 147 Å². The van der Waals surface area contributed by atoms with Gasteiger partial charge in [0.1, 0.15) is 5.69 Å².